The molecule has 0 aliphatic carbocycles. The Morgan fingerprint density at radius 1 is 1.24 bits per heavy atom. The van der Waals surface area contributed by atoms with E-state index in [1.165, 1.54) is 0 Å². The maximum Gasteiger partial charge on any atom is 0.161 e. The second kappa shape index (κ2) is 3.69. The summed E-state index contributed by atoms with van der Waals surface area (Å²) in [6.07, 6.45) is 4.72. The monoisotopic (exact) mass is 234 g/mol. The fraction of sp³-hybridized carbons (Fsp3) is 0.0833. The molecule has 0 radical (unpaired) electrons. The van der Waals surface area contributed by atoms with E-state index >= 15 is 0 Å². The van der Waals surface area contributed by atoms with Gasteiger partial charge in [0.2, 0.25) is 0 Å². The van der Waals surface area contributed by atoms with E-state index in [-0.39, 0.29) is 0 Å². The summed E-state index contributed by atoms with van der Waals surface area (Å²) in [5.74, 6) is -1.75. The second-order valence-corrected chi connectivity index (χ2v) is 3.76. The summed E-state index contributed by atoms with van der Waals surface area (Å²) in [5.41, 5.74) is 1.94. The zero-order valence-corrected chi connectivity index (χ0v) is 8.73. The minimum absolute atomic E-state index is 0.437. The van der Waals surface area contributed by atoms with E-state index in [0.29, 0.717) is 17.6 Å². The molecule has 5 heteroatoms. The van der Waals surface area contributed by atoms with Crippen molar-refractivity contribution in [3.05, 3.63) is 54.3 Å². The van der Waals surface area contributed by atoms with Crippen molar-refractivity contribution in [3.8, 4) is 0 Å². The molecule has 0 aliphatic rings. The number of furan rings is 1. The molecule has 0 unspecified atom stereocenters. The average molecular weight is 234 g/mol. The second-order valence-electron chi connectivity index (χ2n) is 3.76. The van der Waals surface area contributed by atoms with Gasteiger partial charge in [-0.2, -0.15) is 0 Å². The summed E-state index contributed by atoms with van der Waals surface area (Å²) < 4.78 is 32.8. The van der Waals surface area contributed by atoms with Gasteiger partial charge in [-0.25, -0.2) is 13.8 Å². The molecule has 3 aromatic rings. The Labute approximate surface area is 95.3 Å². The van der Waals surface area contributed by atoms with Gasteiger partial charge in [0.15, 0.2) is 11.6 Å². The average Bonchev–Trinajstić information content (AvgIpc) is 2.92. The first kappa shape index (κ1) is 10.0. The van der Waals surface area contributed by atoms with Crippen molar-refractivity contribution in [2.45, 2.75) is 6.54 Å². The normalized spacial score (nSPS) is 11.2. The van der Waals surface area contributed by atoms with Gasteiger partial charge in [-0.05, 0) is 6.07 Å². The summed E-state index contributed by atoms with van der Waals surface area (Å²) in [5, 5.41) is 0. The number of hydrogen-bond acceptors (Lipinski definition) is 2. The minimum Gasteiger partial charge on any atom is -0.472 e. The SMILES string of the molecule is Fc1cc2ncn(Cc3ccoc3)c2cc1F. The Morgan fingerprint density at radius 2 is 2.06 bits per heavy atom. The third-order valence-electron chi connectivity index (χ3n) is 2.60. The number of halogens is 2. The summed E-state index contributed by atoms with van der Waals surface area (Å²) in [6, 6.07) is 4.06. The van der Waals surface area contributed by atoms with Crippen LogP contribution in [-0.4, -0.2) is 9.55 Å². The zero-order valence-electron chi connectivity index (χ0n) is 8.73. The Hall–Kier alpha value is -2.17. The molecule has 2 heterocycles. The van der Waals surface area contributed by atoms with Crippen LogP contribution < -0.4 is 0 Å². The van der Waals surface area contributed by atoms with Crippen LogP contribution in [-0.2, 0) is 6.54 Å². The zero-order chi connectivity index (χ0) is 11.8. The van der Waals surface area contributed by atoms with Gasteiger partial charge >= 0.3 is 0 Å². The van der Waals surface area contributed by atoms with Gasteiger partial charge in [0, 0.05) is 17.7 Å². The number of nitrogens with zero attached hydrogens (tertiary/aromatic N) is 2. The van der Waals surface area contributed by atoms with E-state index in [4.69, 9.17) is 4.42 Å². The molecule has 1 aromatic carbocycles. The third kappa shape index (κ3) is 1.69. The van der Waals surface area contributed by atoms with Crippen molar-refractivity contribution in [1.82, 2.24) is 9.55 Å². The molecular weight excluding hydrogens is 226 g/mol. The maximum absolute atomic E-state index is 13.2. The molecule has 0 N–H and O–H groups in total. The van der Waals surface area contributed by atoms with Gasteiger partial charge in [0.25, 0.3) is 0 Å². The molecule has 3 rings (SSSR count). The predicted molar refractivity (Wildman–Crippen MR) is 57.5 cm³/mol. The Kier molecular flexibility index (Phi) is 2.18. The van der Waals surface area contributed by atoms with Crippen LogP contribution in [0.4, 0.5) is 8.78 Å². The molecule has 0 bridgehead atoms. The number of imidazole rings is 1. The lowest BCUT2D eigenvalue weighted by molar-refractivity contribution is 0.510. The van der Waals surface area contributed by atoms with Crippen LogP contribution in [0.5, 0.6) is 0 Å². The van der Waals surface area contributed by atoms with Gasteiger partial charge in [0.1, 0.15) is 0 Å². The summed E-state index contributed by atoms with van der Waals surface area (Å²) in [7, 11) is 0. The van der Waals surface area contributed by atoms with Crippen LogP contribution in [0.3, 0.4) is 0 Å². The predicted octanol–water partition coefficient (Wildman–Crippen LogP) is 2.96. The number of fused-ring (bicyclic) bond motifs is 1. The lowest BCUT2D eigenvalue weighted by Crippen LogP contribution is -1.97. The molecule has 0 fully saturated rings. The van der Waals surface area contributed by atoms with E-state index in [1.807, 2.05) is 6.07 Å². The van der Waals surface area contributed by atoms with Gasteiger partial charge in [-0.3, -0.25) is 0 Å². The highest BCUT2D eigenvalue weighted by atomic mass is 19.2. The first-order chi connectivity index (χ1) is 8.24. The number of hydrogen-bond donors (Lipinski definition) is 0. The summed E-state index contributed by atoms with van der Waals surface area (Å²) in [4.78, 5) is 4.03. The highest BCUT2D eigenvalue weighted by Gasteiger charge is 2.09. The molecule has 2 aromatic heterocycles. The Bertz CT molecular complexity index is 659. The van der Waals surface area contributed by atoms with Crippen LogP contribution in [0.2, 0.25) is 0 Å². The maximum atomic E-state index is 13.2. The van der Waals surface area contributed by atoms with Crippen molar-refractivity contribution in [2.75, 3.05) is 0 Å². The topological polar surface area (TPSA) is 31.0 Å². The van der Waals surface area contributed by atoms with Crippen LogP contribution in [0, 0.1) is 11.6 Å². The first-order valence-electron chi connectivity index (χ1n) is 5.05. The van der Waals surface area contributed by atoms with E-state index in [0.717, 1.165) is 17.7 Å². The molecule has 0 saturated heterocycles. The molecule has 0 aliphatic heterocycles. The lowest BCUT2D eigenvalue weighted by Gasteiger charge is -2.01. The number of rotatable bonds is 2. The van der Waals surface area contributed by atoms with Crippen LogP contribution in [0.25, 0.3) is 11.0 Å². The van der Waals surface area contributed by atoms with Crippen molar-refractivity contribution in [3.63, 3.8) is 0 Å². The molecule has 0 saturated carbocycles. The van der Waals surface area contributed by atoms with E-state index in [1.54, 1.807) is 23.4 Å². The van der Waals surface area contributed by atoms with Crippen LogP contribution >= 0.6 is 0 Å². The summed E-state index contributed by atoms with van der Waals surface area (Å²) >= 11 is 0. The first-order valence-corrected chi connectivity index (χ1v) is 5.05. The van der Waals surface area contributed by atoms with Gasteiger partial charge in [0.05, 0.1) is 36.4 Å². The smallest absolute Gasteiger partial charge is 0.161 e. The minimum atomic E-state index is -0.883. The lowest BCUT2D eigenvalue weighted by atomic mass is 10.3. The summed E-state index contributed by atoms with van der Waals surface area (Å²) in [6.45, 7) is 0.512. The van der Waals surface area contributed by atoms with Gasteiger partial charge in [-0.15, -0.1) is 0 Å². The molecule has 17 heavy (non-hydrogen) atoms. The Morgan fingerprint density at radius 3 is 2.82 bits per heavy atom. The van der Waals surface area contributed by atoms with Crippen molar-refractivity contribution < 1.29 is 13.2 Å². The standard InChI is InChI=1S/C12H8F2N2O/c13-9-3-11-12(4-10(9)14)16(7-15-11)5-8-1-2-17-6-8/h1-4,6-7H,5H2. The van der Waals surface area contributed by atoms with Crippen molar-refractivity contribution in [1.29, 1.82) is 0 Å². The fourth-order valence-electron chi connectivity index (χ4n) is 1.76. The molecule has 3 nitrogen and oxygen atoms in total. The van der Waals surface area contributed by atoms with E-state index in [2.05, 4.69) is 4.98 Å². The van der Waals surface area contributed by atoms with E-state index < -0.39 is 11.6 Å². The fourth-order valence-corrected chi connectivity index (χ4v) is 1.76. The van der Waals surface area contributed by atoms with Gasteiger partial charge < -0.3 is 8.98 Å². The van der Waals surface area contributed by atoms with Crippen LogP contribution in [0.15, 0.2) is 41.5 Å². The number of benzene rings is 1. The van der Waals surface area contributed by atoms with E-state index in [9.17, 15) is 8.78 Å². The molecule has 0 amide bonds. The highest BCUT2D eigenvalue weighted by molar-refractivity contribution is 5.75. The molecular formula is C12H8F2N2O. The van der Waals surface area contributed by atoms with Crippen molar-refractivity contribution in [2.24, 2.45) is 0 Å². The van der Waals surface area contributed by atoms with Crippen LogP contribution in [0.1, 0.15) is 5.56 Å². The number of aromatic nitrogens is 2. The van der Waals surface area contributed by atoms with Gasteiger partial charge in [-0.1, -0.05) is 0 Å². The Balaban J connectivity index is 2.08. The third-order valence-corrected chi connectivity index (χ3v) is 2.60. The largest absolute Gasteiger partial charge is 0.472 e. The van der Waals surface area contributed by atoms with Crippen molar-refractivity contribution >= 4 is 11.0 Å². The quantitative estimate of drug-likeness (QED) is 0.682. The molecule has 0 spiro atoms. The highest BCUT2D eigenvalue weighted by Crippen LogP contribution is 2.18. The molecule has 86 valence electrons. The molecule has 0 atom stereocenters.